The van der Waals surface area contributed by atoms with Crippen LogP contribution in [0.25, 0.3) is 0 Å². The van der Waals surface area contributed by atoms with Gasteiger partial charge < -0.3 is 9.84 Å². The predicted octanol–water partition coefficient (Wildman–Crippen LogP) is 1.93. The van der Waals surface area contributed by atoms with Gasteiger partial charge in [-0.25, -0.2) is 0 Å². The molecule has 0 radical (unpaired) electrons. The Hall–Kier alpha value is -2.21. The molecule has 2 atom stereocenters. The molecule has 6 heteroatoms. The van der Waals surface area contributed by atoms with Crippen molar-refractivity contribution in [2.24, 2.45) is 5.92 Å². The van der Waals surface area contributed by atoms with Gasteiger partial charge in [-0.15, -0.1) is 0 Å². The topological polar surface area (TPSA) is 71.3 Å². The van der Waals surface area contributed by atoms with Crippen molar-refractivity contribution >= 4 is 5.91 Å². The van der Waals surface area contributed by atoms with Gasteiger partial charge in [-0.1, -0.05) is 35.5 Å². The number of rotatable bonds is 5. The molecule has 1 saturated carbocycles. The first kappa shape index (κ1) is 15.3. The number of nitrogens with one attached hydrogen (secondary N) is 1. The third-order valence-corrected chi connectivity index (χ3v) is 4.82. The molecular weight excluding hydrogens is 304 g/mol. The number of carbonyl (C=O) groups excluding carboxylic acids is 1. The monoisotopic (exact) mass is 326 g/mol. The molecule has 1 aliphatic carbocycles. The summed E-state index contributed by atoms with van der Waals surface area (Å²) in [5, 5.41) is 7.26. The molecule has 1 amide bonds. The molecule has 1 aliphatic heterocycles. The van der Waals surface area contributed by atoms with E-state index in [1.54, 1.807) is 0 Å². The van der Waals surface area contributed by atoms with Crippen LogP contribution in [0.1, 0.15) is 42.6 Å². The minimum Gasteiger partial charge on any atom is -0.352 e. The number of aromatic nitrogens is 2. The maximum Gasteiger partial charge on any atom is 0.244 e. The summed E-state index contributed by atoms with van der Waals surface area (Å²) in [6.45, 7) is 0.819. The second-order valence-corrected chi connectivity index (χ2v) is 6.88. The van der Waals surface area contributed by atoms with Gasteiger partial charge in [0.2, 0.25) is 11.8 Å². The third-order valence-electron chi connectivity index (χ3n) is 4.82. The molecule has 1 saturated heterocycles. The number of hydrogen-bond acceptors (Lipinski definition) is 5. The smallest absolute Gasteiger partial charge is 0.244 e. The number of amides is 1. The Labute approximate surface area is 141 Å². The fraction of sp³-hybridized carbons (Fsp3) is 0.500. The van der Waals surface area contributed by atoms with E-state index in [1.165, 1.54) is 5.56 Å². The molecule has 2 heterocycles. The molecule has 2 aromatic rings. The Morgan fingerprint density at radius 3 is 2.88 bits per heavy atom. The van der Waals surface area contributed by atoms with Crippen LogP contribution in [-0.2, 0) is 11.2 Å². The van der Waals surface area contributed by atoms with Gasteiger partial charge in [0.15, 0.2) is 5.82 Å². The summed E-state index contributed by atoms with van der Waals surface area (Å²) >= 11 is 0. The van der Waals surface area contributed by atoms with Crippen LogP contribution in [0.15, 0.2) is 34.9 Å². The van der Waals surface area contributed by atoms with Gasteiger partial charge in [-0.2, -0.15) is 4.98 Å². The van der Waals surface area contributed by atoms with Crippen LogP contribution in [0.2, 0.25) is 0 Å². The second kappa shape index (κ2) is 6.36. The van der Waals surface area contributed by atoms with Gasteiger partial charge in [0.25, 0.3) is 0 Å². The van der Waals surface area contributed by atoms with Crippen LogP contribution in [0.5, 0.6) is 0 Å². The zero-order valence-electron chi connectivity index (χ0n) is 13.8. The first-order valence-electron chi connectivity index (χ1n) is 8.56. The van der Waals surface area contributed by atoms with Crippen LogP contribution in [0.3, 0.4) is 0 Å². The van der Waals surface area contributed by atoms with Crippen LogP contribution in [-0.4, -0.2) is 40.6 Å². The Morgan fingerprint density at radius 2 is 2.12 bits per heavy atom. The van der Waals surface area contributed by atoms with Crippen molar-refractivity contribution in [1.82, 2.24) is 20.4 Å². The van der Waals surface area contributed by atoms with Crippen molar-refractivity contribution in [3.8, 4) is 0 Å². The second-order valence-electron chi connectivity index (χ2n) is 6.88. The van der Waals surface area contributed by atoms with Gasteiger partial charge in [-0.05, 0) is 31.9 Å². The van der Waals surface area contributed by atoms with E-state index in [0.717, 1.165) is 25.8 Å². The zero-order valence-corrected chi connectivity index (χ0v) is 13.8. The average molecular weight is 326 g/mol. The largest absolute Gasteiger partial charge is 0.352 e. The highest BCUT2D eigenvalue weighted by atomic mass is 16.5. The molecule has 24 heavy (non-hydrogen) atoms. The van der Waals surface area contributed by atoms with Crippen molar-refractivity contribution in [2.45, 2.75) is 37.8 Å². The summed E-state index contributed by atoms with van der Waals surface area (Å²) < 4.78 is 5.49. The van der Waals surface area contributed by atoms with Gasteiger partial charge in [0, 0.05) is 24.9 Å². The normalized spacial score (nSPS) is 24.2. The number of likely N-dealkylation sites (tertiary alicyclic amines) is 1. The fourth-order valence-electron chi connectivity index (χ4n) is 3.31. The summed E-state index contributed by atoms with van der Waals surface area (Å²) in [4.78, 5) is 18.7. The van der Waals surface area contributed by atoms with Crippen molar-refractivity contribution in [3.05, 3.63) is 47.6 Å². The lowest BCUT2D eigenvalue weighted by molar-refractivity contribution is -0.122. The Bertz CT molecular complexity index is 711. The van der Waals surface area contributed by atoms with Crippen molar-refractivity contribution in [2.75, 3.05) is 13.6 Å². The summed E-state index contributed by atoms with van der Waals surface area (Å²) in [7, 11) is 2.04. The van der Waals surface area contributed by atoms with Crippen LogP contribution < -0.4 is 5.32 Å². The summed E-state index contributed by atoms with van der Waals surface area (Å²) in [5.74, 6) is 1.79. The average Bonchev–Trinajstić information content (AvgIpc) is 3.24. The van der Waals surface area contributed by atoms with Crippen LogP contribution >= 0.6 is 0 Å². The van der Waals surface area contributed by atoms with Gasteiger partial charge in [0.05, 0.1) is 6.04 Å². The molecule has 126 valence electrons. The van der Waals surface area contributed by atoms with E-state index < -0.39 is 0 Å². The predicted molar refractivity (Wildman–Crippen MR) is 88.2 cm³/mol. The fourth-order valence-corrected chi connectivity index (χ4v) is 3.31. The first-order valence-corrected chi connectivity index (χ1v) is 8.56. The minimum atomic E-state index is 0.0755. The molecular formula is C18H22N4O2. The van der Waals surface area contributed by atoms with E-state index in [9.17, 15) is 4.79 Å². The maximum atomic E-state index is 11.9. The van der Waals surface area contributed by atoms with E-state index in [4.69, 9.17) is 4.52 Å². The summed E-state index contributed by atoms with van der Waals surface area (Å²) in [6.07, 6.45) is 3.55. The molecule has 1 aromatic heterocycles. The summed E-state index contributed by atoms with van der Waals surface area (Å²) in [5.41, 5.74) is 1.17. The zero-order chi connectivity index (χ0) is 16.5. The number of likely N-dealkylation sites (N-methyl/N-ethyl adjacent to an activating group) is 1. The van der Waals surface area contributed by atoms with E-state index in [0.29, 0.717) is 18.1 Å². The highest BCUT2D eigenvalue weighted by Gasteiger charge is 2.37. The highest BCUT2D eigenvalue weighted by molar-refractivity contribution is 5.81. The SMILES string of the molecule is CN1C[C@@H](NC(=O)C2CC2)C[C@H]1c1nc(Cc2ccccc2)no1. The van der Waals surface area contributed by atoms with E-state index >= 15 is 0 Å². The molecule has 4 rings (SSSR count). The maximum absolute atomic E-state index is 11.9. The molecule has 2 aliphatic rings. The Balaban J connectivity index is 1.39. The Morgan fingerprint density at radius 1 is 1.33 bits per heavy atom. The lowest BCUT2D eigenvalue weighted by Crippen LogP contribution is -2.37. The van der Waals surface area contributed by atoms with Crippen LogP contribution in [0.4, 0.5) is 0 Å². The standard InChI is InChI=1S/C18H22N4O2/c1-22-11-14(19-17(23)13-7-8-13)10-15(22)18-20-16(21-24-18)9-12-5-3-2-4-6-12/h2-6,13-15H,7-11H2,1H3,(H,19,23)/t14-,15-/m0/s1. The van der Waals surface area contributed by atoms with E-state index in [2.05, 4.69) is 32.5 Å². The van der Waals surface area contributed by atoms with Crippen LogP contribution in [0, 0.1) is 5.92 Å². The third kappa shape index (κ3) is 3.33. The molecule has 0 unspecified atom stereocenters. The number of benzene rings is 1. The minimum absolute atomic E-state index is 0.0755. The molecule has 6 nitrogen and oxygen atoms in total. The van der Waals surface area contributed by atoms with Gasteiger partial charge in [0.1, 0.15) is 0 Å². The molecule has 2 fully saturated rings. The first-order chi connectivity index (χ1) is 11.7. The summed E-state index contributed by atoms with van der Waals surface area (Å²) in [6, 6.07) is 10.4. The van der Waals surface area contributed by atoms with Crippen molar-refractivity contribution < 1.29 is 9.32 Å². The lowest BCUT2D eigenvalue weighted by Gasteiger charge is -2.14. The molecule has 0 spiro atoms. The quantitative estimate of drug-likeness (QED) is 0.909. The number of hydrogen-bond donors (Lipinski definition) is 1. The van der Waals surface area contributed by atoms with Crippen molar-refractivity contribution in [3.63, 3.8) is 0 Å². The molecule has 0 bridgehead atoms. The highest BCUT2D eigenvalue weighted by Crippen LogP contribution is 2.32. The number of nitrogens with zero attached hydrogens (tertiary/aromatic N) is 3. The van der Waals surface area contributed by atoms with Gasteiger partial charge >= 0.3 is 0 Å². The lowest BCUT2D eigenvalue weighted by atomic mass is 10.1. The van der Waals surface area contributed by atoms with E-state index in [-0.39, 0.29) is 23.9 Å². The Kier molecular flexibility index (Phi) is 4.06. The number of carbonyl (C=O) groups is 1. The van der Waals surface area contributed by atoms with Gasteiger partial charge in [-0.3, -0.25) is 9.69 Å². The molecule has 1 N–H and O–H groups in total. The van der Waals surface area contributed by atoms with Crippen molar-refractivity contribution in [1.29, 1.82) is 0 Å². The van der Waals surface area contributed by atoms with E-state index in [1.807, 2.05) is 25.2 Å². The molecule has 1 aromatic carbocycles.